The van der Waals surface area contributed by atoms with E-state index < -0.39 is 0 Å². The lowest BCUT2D eigenvalue weighted by Gasteiger charge is -2.32. The standard InChI is InChI=1S/C34H33N3O3/c1-40-34(39)25-11-7-10-24(18-25)28-14-13-26(20-36-33(38)31-19-30(31)23-8-3-2-4-9-23)32-22-37(17-15-29(28)32)21-27-12-5-6-16-35-27/h2-14,16,18,30-31H,15,17,19-22H2,1H3,(H,36,38)/t30-,31-/m0/s1. The summed E-state index contributed by atoms with van der Waals surface area (Å²) in [4.78, 5) is 32.2. The number of carbonyl (C=O) groups excluding carboxylic acids is 2. The molecule has 1 aliphatic heterocycles. The molecule has 1 N–H and O–H groups in total. The van der Waals surface area contributed by atoms with Gasteiger partial charge < -0.3 is 10.1 Å². The molecule has 2 aliphatic rings. The van der Waals surface area contributed by atoms with Gasteiger partial charge in [0.15, 0.2) is 0 Å². The second-order valence-corrected chi connectivity index (χ2v) is 10.7. The molecule has 1 saturated carbocycles. The van der Waals surface area contributed by atoms with Crippen molar-refractivity contribution in [3.05, 3.63) is 125 Å². The van der Waals surface area contributed by atoms with E-state index in [-0.39, 0.29) is 17.8 Å². The Morgan fingerprint density at radius 1 is 0.975 bits per heavy atom. The average Bonchev–Trinajstić information content (AvgIpc) is 3.82. The second-order valence-electron chi connectivity index (χ2n) is 10.7. The van der Waals surface area contributed by atoms with Crippen molar-refractivity contribution >= 4 is 11.9 Å². The molecular weight excluding hydrogens is 498 g/mol. The zero-order chi connectivity index (χ0) is 27.5. The fourth-order valence-corrected chi connectivity index (χ4v) is 5.89. The van der Waals surface area contributed by atoms with Gasteiger partial charge in [-0.2, -0.15) is 0 Å². The Morgan fingerprint density at radius 2 is 1.82 bits per heavy atom. The zero-order valence-corrected chi connectivity index (χ0v) is 22.7. The van der Waals surface area contributed by atoms with Crippen LogP contribution in [0.1, 0.15) is 50.6 Å². The number of carbonyl (C=O) groups is 2. The fraction of sp³-hybridized carbons (Fsp3) is 0.265. The van der Waals surface area contributed by atoms with Gasteiger partial charge in [-0.1, -0.05) is 60.7 Å². The fourth-order valence-electron chi connectivity index (χ4n) is 5.89. The van der Waals surface area contributed by atoms with Crippen molar-refractivity contribution in [2.24, 2.45) is 5.92 Å². The van der Waals surface area contributed by atoms with Crippen LogP contribution < -0.4 is 5.32 Å². The highest BCUT2D eigenvalue weighted by Gasteiger charge is 2.43. The number of amides is 1. The number of pyridine rings is 1. The normalized spacial score (nSPS) is 18.0. The van der Waals surface area contributed by atoms with E-state index in [2.05, 4.69) is 45.5 Å². The highest BCUT2D eigenvalue weighted by molar-refractivity contribution is 5.91. The lowest BCUT2D eigenvalue weighted by atomic mass is 9.87. The maximum absolute atomic E-state index is 13.1. The van der Waals surface area contributed by atoms with Crippen molar-refractivity contribution in [2.75, 3.05) is 13.7 Å². The number of methoxy groups -OCH3 is 1. The van der Waals surface area contributed by atoms with Crippen molar-refractivity contribution in [1.29, 1.82) is 0 Å². The maximum atomic E-state index is 13.1. The summed E-state index contributed by atoms with van der Waals surface area (Å²) in [6.45, 7) is 2.95. The van der Waals surface area contributed by atoms with E-state index in [0.717, 1.165) is 54.9 Å². The summed E-state index contributed by atoms with van der Waals surface area (Å²) in [5.41, 5.74) is 8.61. The molecular formula is C34H33N3O3. The molecule has 6 nitrogen and oxygen atoms in total. The van der Waals surface area contributed by atoms with Crippen LogP contribution in [0.2, 0.25) is 0 Å². The first kappa shape index (κ1) is 26.0. The highest BCUT2D eigenvalue weighted by Crippen LogP contribution is 2.47. The third-order valence-electron chi connectivity index (χ3n) is 8.10. The molecule has 0 radical (unpaired) electrons. The molecule has 6 heteroatoms. The molecule has 3 aromatic carbocycles. The van der Waals surface area contributed by atoms with Gasteiger partial charge >= 0.3 is 5.97 Å². The Hall–Kier alpha value is -4.29. The SMILES string of the molecule is COC(=O)c1cccc(-c2ccc(CNC(=O)[C@H]3C[C@H]3c3ccccc3)c3c2CCN(Cc2ccccn2)C3)c1. The molecule has 1 aromatic heterocycles. The van der Waals surface area contributed by atoms with Gasteiger partial charge in [0.05, 0.1) is 18.4 Å². The molecule has 1 amide bonds. The summed E-state index contributed by atoms with van der Waals surface area (Å²) in [5, 5.41) is 3.24. The van der Waals surface area contributed by atoms with E-state index in [1.807, 2.05) is 54.7 Å². The van der Waals surface area contributed by atoms with Crippen molar-refractivity contribution in [3.63, 3.8) is 0 Å². The maximum Gasteiger partial charge on any atom is 0.337 e. The van der Waals surface area contributed by atoms with Crippen molar-refractivity contribution in [1.82, 2.24) is 15.2 Å². The molecule has 0 unspecified atom stereocenters. The molecule has 1 aliphatic carbocycles. The van der Waals surface area contributed by atoms with Gasteiger partial charge in [0.25, 0.3) is 0 Å². The molecule has 40 heavy (non-hydrogen) atoms. The van der Waals surface area contributed by atoms with Crippen LogP contribution in [0.3, 0.4) is 0 Å². The molecule has 202 valence electrons. The van der Waals surface area contributed by atoms with Crippen LogP contribution in [0, 0.1) is 5.92 Å². The smallest absolute Gasteiger partial charge is 0.337 e. The molecule has 0 saturated heterocycles. The number of aromatic nitrogens is 1. The largest absolute Gasteiger partial charge is 0.465 e. The topological polar surface area (TPSA) is 71.5 Å². The van der Waals surface area contributed by atoms with E-state index in [9.17, 15) is 9.59 Å². The minimum Gasteiger partial charge on any atom is -0.465 e. The predicted molar refractivity (Wildman–Crippen MR) is 154 cm³/mol. The Bertz CT molecular complexity index is 1520. The summed E-state index contributed by atoms with van der Waals surface area (Å²) in [5.74, 6) is 0.136. The van der Waals surface area contributed by atoms with Gasteiger partial charge in [0, 0.05) is 38.3 Å². The van der Waals surface area contributed by atoms with Crippen LogP contribution in [0.5, 0.6) is 0 Å². The number of ether oxygens (including phenoxy) is 1. The van der Waals surface area contributed by atoms with Gasteiger partial charge in [-0.05, 0) is 76.4 Å². The van der Waals surface area contributed by atoms with Crippen molar-refractivity contribution in [3.8, 4) is 11.1 Å². The summed E-state index contributed by atoms with van der Waals surface area (Å²) in [6.07, 6.45) is 3.61. The molecule has 4 aromatic rings. The van der Waals surface area contributed by atoms with E-state index >= 15 is 0 Å². The first-order chi connectivity index (χ1) is 19.6. The number of benzene rings is 3. The summed E-state index contributed by atoms with van der Waals surface area (Å²) >= 11 is 0. The molecule has 2 atom stereocenters. The third kappa shape index (κ3) is 5.54. The molecule has 1 fully saturated rings. The van der Waals surface area contributed by atoms with E-state index in [1.54, 1.807) is 6.07 Å². The van der Waals surface area contributed by atoms with Crippen LogP contribution in [0.15, 0.2) is 91.1 Å². The summed E-state index contributed by atoms with van der Waals surface area (Å²) in [6, 6.07) is 28.2. The van der Waals surface area contributed by atoms with Gasteiger partial charge in [0.1, 0.15) is 0 Å². The van der Waals surface area contributed by atoms with Crippen LogP contribution >= 0.6 is 0 Å². The Labute approximate surface area is 235 Å². The zero-order valence-electron chi connectivity index (χ0n) is 22.7. The molecule has 0 spiro atoms. The summed E-state index contributed by atoms with van der Waals surface area (Å²) < 4.78 is 4.95. The van der Waals surface area contributed by atoms with Crippen molar-refractivity contribution in [2.45, 2.75) is 38.4 Å². The number of fused-ring (bicyclic) bond motifs is 1. The quantitative estimate of drug-likeness (QED) is 0.304. The van der Waals surface area contributed by atoms with E-state index in [1.165, 1.54) is 23.8 Å². The highest BCUT2D eigenvalue weighted by atomic mass is 16.5. The number of rotatable bonds is 8. The van der Waals surface area contributed by atoms with Gasteiger partial charge in [-0.25, -0.2) is 4.79 Å². The molecule has 0 bridgehead atoms. The predicted octanol–water partition coefficient (Wildman–Crippen LogP) is 5.51. The number of nitrogens with one attached hydrogen (secondary N) is 1. The van der Waals surface area contributed by atoms with Gasteiger partial charge in [-0.15, -0.1) is 0 Å². The monoisotopic (exact) mass is 531 g/mol. The van der Waals surface area contributed by atoms with Crippen LogP contribution in [0.25, 0.3) is 11.1 Å². The number of nitrogens with zero attached hydrogens (tertiary/aromatic N) is 2. The minimum absolute atomic E-state index is 0.0409. The van der Waals surface area contributed by atoms with E-state index in [4.69, 9.17) is 4.74 Å². The number of hydrogen-bond donors (Lipinski definition) is 1. The first-order valence-electron chi connectivity index (χ1n) is 13.9. The Balaban J connectivity index is 1.25. The molecule has 6 rings (SSSR count). The number of esters is 1. The third-order valence-corrected chi connectivity index (χ3v) is 8.10. The Kier molecular flexibility index (Phi) is 7.43. The summed E-state index contributed by atoms with van der Waals surface area (Å²) in [7, 11) is 1.40. The lowest BCUT2D eigenvalue weighted by Crippen LogP contribution is -2.33. The van der Waals surface area contributed by atoms with Crippen LogP contribution in [0.4, 0.5) is 0 Å². The van der Waals surface area contributed by atoms with Gasteiger partial charge in [0.2, 0.25) is 5.91 Å². The van der Waals surface area contributed by atoms with E-state index in [0.29, 0.717) is 18.0 Å². The van der Waals surface area contributed by atoms with Crippen LogP contribution in [-0.2, 0) is 35.6 Å². The average molecular weight is 532 g/mol. The molecule has 2 heterocycles. The van der Waals surface area contributed by atoms with Gasteiger partial charge in [-0.3, -0.25) is 14.7 Å². The van der Waals surface area contributed by atoms with Crippen LogP contribution in [-0.4, -0.2) is 35.4 Å². The number of hydrogen-bond acceptors (Lipinski definition) is 5. The second kappa shape index (κ2) is 11.4. The lowest BCUT2D eigenvalue weighted by molar-refractivity contribution is -0.122. The minimum atomic E-state index is -0.342. The first-order valence-corrected chi connectivity index (χ1v) is 13.9. The van der Waals surface area contributed by atoms with Crippen molar-refractivity contribution < 1.29 is 14.3 Å². The Morgan fingerprint density at radius 3 is 2.62 bits per heavy atom.